The van der Waals surface area contributed by atoms with Crippen LogP contribution in [0.15, 0.2) is 23.1 Å². The average molecular weight is 445 g/mol. The summed E-state index contributed by atoms with van der Waals surface area (Å²) in [6.07, 6.45) is 1.92. The van der Waals surface area contributed by atoms with Crippen molar-refractivity contribution in [3.63, 3.8) is 0 Å². The molecule has 4 N–H and O–H groups in total. The number of nitrogens with one attached hydrogen (secondary N) is 2. The molecule has 1 aliphatic rings. The van der Waals surface area contributed by atoms with E-state index in [1.165, 1.54) is 6.07 Å². The van der Waals surface area contributed by atoms with Crippen molar-refractivity contribution in [1.82, 2.24) is 4.72 Å². The number of benzene rings is 1. The maximum absolute atomic E-state index is 13.1. The standard InChI is InChI=1S/C19H29ClN4O4S/c1-3-13(2)23-29(27,28)17-12-15(22-18(25)6-9-20)4-5-16(17)24-10-7-14(8-11-24)19(21)26/h4-5,12-14,23H,3,6-11H2,1-2H3,(H2,21,26)(H,22,25). The highest BCUT2D eigenvalue weighted by Crippen LogP contribution is 2.32. The fourth-order valence-electron chi connectivity index (χ4n) is 3.19. The Labute approximate surface area is 177 Å². The second-order valence-corrected chi connectivity index (χ2v) is 9.32. The number of sulfonamides is 1. The molecular weight excluding hydrogens is 416 g/mol. The first-order valence-corrected chi connectivity index (χ1v) is 11.8. The molecule has 1 saturated heterocycles. The molecule has 2 amide bonds. The first-order valence-electron chi connectivity index (χ1n) is 9.74. The number of amides is 2. The van der Waals surface area contributed by atoms with E-state index < -0.39 is 10.0 Å². The molecule has 0 radical (unpaired) electrons. The van der Waals surface area contributed by atoms with Crippen molar-refractivity contribution in [2.75, 3.05) is 29.2 Å². The van der Waals surface area contributed by atoms with Gasteiger partial charge in [0.2, 0.25) is 21.8 Å². The van der Waals surface area contributed by atoms with E-state index in [1.54, 1.807) is 19.1 Å². The number of halogens is 1. The van der Waals surface area contributed by atoms with Gasteiger partial charge < -0.3 is 16.0 Å². The number of nitrogens with two attached hydrogens (primary N) is 1. The summed E-state index contributed by atoms with van der Waals surface area (Å²) < 4.78 is 28.8. The van der Waals surface area contributed by atoms with Crippen molar-refractivity contribution in [2.45, 2.75) is 50.5 Å². The zero-order valence-electron chi connectivity index (χ0n) is 16.8. The SMILES string of the molecule is CCC(C)NS(=O)(=O)c1cc(NC(=O)CCCl)ccc1N1CCC(C(N)=O)CC1. The number of primary amides is 1. The molecule has 29 heavy (non-hydrogen) atoms. The van der Waals surface area contributed by atoms with Gasteiger partial charge in [-0.05, 0) is 44.4 Å². The fourth-order valence-corrected chi connectivity index (χ4v) is 4.94. The number of hydrogen-bond donors (Lipinski definition) is 3. The predicted molar refractivity (Wildman–Crippen MR) is 115 cm³/mol. The minimum absolute atomic E-state index is 0.0963. The topological polar surface area (TPSA) is 122 Å². The number of anilines is 2. The van der Waals surface area contributed by atoms with Crippen molar-refractivity contribution < 1.29 is 18.0 Å². The van der Waals surface area contributed by atoms with Crippen LogP contribution in [-0.2, 0) is 19.6 Å². The minimum Gasteiger partial charge on any atom is -0.370 e. The minimum atomic E-state index is -3.81. The third kappa shape index (κ3) is 6.32. The summed E-state index contributed by atoms with van der Waals surface area (Å²) in [7, 11) is -3.81. The number of rotatable bonds is 9. The van der Waals surface area contributed by atoms with Crippen LogP contribution in [0.5, 0.6) is 0 Å². The molecule has 1 unspecified atom stereocenters. The zero-order chi connectivity index (χ0) is 21.6. The second-order valence-electron chi connectivity index (χ2n) is 7.26. The van der Waals surface area contributed by atoms with Gasteiger partial charge in [-0.25, -0.2) is 13.1 Å². The molecule has 0 spiro atoms. The lowest BCUT2D eigenvalue weighted by Gasteiger charge is -2.33. The molecule has 1 atom stereocenters. The lowest BCUT2D eigenvalue weighted by atomic mass is 9.96. The monoisotopic (exact) mass is 444 g/mol. The molecule has 8 nitrogen and oxygen atoms in total. The first-order chi connectivity index (χ1) is 13.7. The van der Waals surface area contributed by atoms with Gasteiger partial charge in [-0.2, -0.15) is 0 Å². The van der Waals surface area contributed by atoms with Gasteiger partial charge in [-0.1, -0.05) is 6.92 Å². The van der Waals surface area contributed by atoms with Gasteiger partial charge in [0.1, 0.15) is 4.90 Å². The molecule has 1 fully saturated rings. The third-order valence-corrected chi connectivity index (χ3v) is 6.87. The zero-order valence-corrected chi connectivity index (χ0v) is 18.4. The lowest BCUT2D eigenvalue weighted by Crippen LogP contribution is -2.40. The van der Waals surface area contributed by atoms with E-state index in [9.17, 15) is 18.0 Å². The number of carbonyl (C=O) groups is 2. The summed E-state index contributed by atoms with van der Waals surface area (Å²) >= 11 is 5.59. The number of nitrogens with zero attached hydrogens (tertiary/aromatic N) is 1. The van der Waals surface area contributed by atoms with Crippen molar-refractivity contribution in [2.24, 2.45) is 11.7 Å². The van der Waals surface area contributed by atoms with Crippen LogP contribution in [0.25, 0.3) is 0 Å². The van der Waals surface area contributed by atoms with E-state index in [-0.39, 0.29) is 41.0 Å². The largest absolute Gasteiger partial charge is 0.370 e. The third-order valence-electron chi connectivity index (χ3n) is 5.06. The van der Waals surface area contributed by atoms with Crippen LogP contribution in [0.4, 0.5) is 11.4 Å². The molecule has 0 bridgehead atoms. The molecule has 0 aliphatic carbocycles. The molecule has 10 heteroatoms. The molecule has 1 heterocycles. The van der Waals surface area contributed by atoms with E-state index in [4.69, 9.17) is 17.3 Å². The Kier molecular flexibility index (Phi) is 8.30. The van der Waals surface area contributed by atoms with E-state index >= 15 is 0 Å². The smallest absolute Gasteiger partial charge is 0.242 e. The fraction of sp³-hybridized carbons (Fsp3) is 0.579. The van der Waals surface area contributed by atoms with Gasteiger partial charge in [0.25, 0.3) is 0 Å². The number of piperidine rings is 1. The summed E-state index contributed by atoms with van der Waals surface area (Å²) in [5.74, 6) is -0.625. The van der Waals surface area contributed by atoms with Gasteiger partial charge in [-0.3, -0.25) is 9.59 Å². The molecule has 162 valence electrons. The van der Waals surface area contributed by atoms with Crippen LogP contribution in [0, 0.1) is 5.92 Å². The highest BCUT2D eigenvalue weighted by atomic mass is 35.5. The maximum atomic E-state index is 13.1. The van der Waals surface area contributed by atoms with Crippen LogP contribution in [0.3, 0.4) is 0 Å². The highest BCUT2D eigenvalue weighted by Gasteiger charge is 2.28. The molecule has 0 saturated carbocycles. The molecule has 2 rings (SSSR count). The van der Waals surface area contributed by atoms with Crippen molar-refractivity contribution in [1.29, 1.82) is 0 Å². The van der Waals surface area contributed by atoms with Crippen LogP contribution >= 0.6 is 11.6 Å². The number of alkyl halides is 1. The Balaban J connectivity index is 2.37. The van der Waals surface area contributed by atoms with Crippen molar-refractivity contribution in [3.05, 3.63) is 18.2 Å². The Hall–Kier alpha value is -1.84. The summed E-state index contributed by atoms with van der Waals surface area (Å²) in [6, 6.07) is 4.59. The first kappa shape index (κ1) is 23.4. The van der Waals surface area contributed by atoms with E-state index in [2.05, 4.69) is 10.0 Å². The predicted octanol–water partition coefficient (Wildman–Crippen LogP) is 2.03. The van der Waals surface area contributed by atoms with E-state index in [0.29, 0.717) is 43.7 Å². The number of carbonyl (C=O) groups excluding carboxylic acids is 2. The Morgan fingerprint density at radius 3 is 2.52 bits per heavy atom. The molecule has 1 aliphatic heterocycles. The van der Waals surface area contributed by atoms with Crippen molar-refractivity contribution >= 4 is 44.8 Å². The number of hydrogen-bond acceptors (Lipinski definition) is 5. The van der Waals surface area contributed by atoms with Gasteiger partial charge in [-0.15, -0.1) is 11.6 Å². The van der Waals surface area contributed by atoms with Gasteiger partial charge in [0.05, 0.1) is 5.69 Å². The molecule has 1 aromatic carbocycles. The second kappa shape index (κ2) is 10.3. The van der Waals surface area contributed by atoms with Gasteiger partial charge >= 0.3 is 0 Å². The average Bonchev–Trinajstić information content (AvgIpc) is 2.67. The molecular formula is C19H29ClN4O4S. The lowest BCUT2D eigenvalue weighted by molar-refractivity contribution is -0.122. The van der Waals surface area contributed by atoms with Crippen LogP contribution in [-0.4, -0.2) is 45.2 Å². The normalized spacial score (nSPS) is 16.4. The molecule has 1 aromatic rings. The molecule has 0 aromatic heterocycles. The summed E-state index contributed by atoms with van der Waals surface area (Å²) in [6.45, 7) is 4.74. The van der Waals surface area contributed by atoms with Crippen LogP contribution < -0.4 is 20.7 Å². The quantitative estimate of drug-likeness (QED) is 0.503. The van der Waals surface area contributed by atoms with E-state index in [1.807, 2.05) is 11.8 Å². The Morgan fingerprint density at radius 2 is 1.97 bits per heavy atom. The maximum Gasteiger partial charge on any atom is 0.242 e. The Morgan fingerprint density at radius 1 is 1.31 bits per heavy atom. The van der Waals surface area contributed by atoms with Crippen molar-refractivity contribution in [3.8, 4) is 0 Å². The van der Waals surface area contributed by atoms with Gasteiger partial charge in [0.15, 0.2) is 0 Å². The van der Waals surface area contributed by atoms with Crippen LogP contribution in [0.1, 0.15) is 39.5 Å². The highest BCUT2D eigenvalue weighted by molar-refractivity contribution is 7.89. The van der Waals surface area contributed by atoms with E-state index in [0.717, 1.165) is 0 Å². The summed E-state index contributed by atoms with van der Waals surface area (Å²) in [5.41, 5.74) is 6.33. The summed E-state index contributed by atoms with van der Waals surface area (Å²) in [4.78, 5) is 25.3. The summed E-state index contributed by atoms with van der Waals surface area (Å²) in [5, 5.41) is 2.68. The van der Waals surface area contributed by atoms with Crippen LogP contribution in [0.2, 0.25) is 0 Å². The Bertz CT molecular complexity index is 839. The van der Waals surface area contributed by atoms with Gasteiger partial charge in [0, 0.05) is 43.0 Å².